The molecular weight excluding hydrogens is 310 g/mol. The number of halogens is 1. The van der Waals surface area contributed by atoms with Crippen molar-refractivity contribution in [2.75, 3.05) is 10.6 Å². The maximum Gasteiger partial charge on any atom is 0.230 e. The number of nitrogens with one attached hydrogen (secondary N) is 2. The van der Waals surface area contributed by atoms with Gasteiger partial charge in [-0.15, -0.1) is 0 Å². The fraction of sp³-hybridized carbons (Fsp3) is 0.118. The van der Waals surface area contributed by atoms with Crippen molar-refractivity contribution in [3.63, 3.8) is 0 Å². The zero-order valence-electron chi connectivity index (χ0n) is 12.3. The number of rotatable bonds is 0. The van der Waals surface area contributed by atoms with Gasteiger partial charge in [-0.2, -0.15) is 4.98 Å². The Labute approximate surface area is 138 Å². The Balaban J connectivity index is 1.83. The molecule has 6 bridgehead atoms. The standard InChI is InChI=1S/C17H14ClN5/c18-14-10-19-17-22-15-6-2-4-12(20-15)8-7-11-3-1-5-13(9-11)21-16(14)23-17/h1-6,9-10H,7-8H2,(H2,19,20,21,22,23). The van der Waals surface area contributed by atoms with Crippen LogP contribution in [0, 0.1) is 0 Å². The van der Waals surface area contributed by atoms with Crippen LogP contribution >= 0.6 is 11.6 Å². The van der Waals surface area contributed by atoms with Crippen LogP contribution in [0.2, 0.25) is 5.02 Å². The molecule has 5 nitrogen and oxygen atoms in total. The molecule has 6 heteroatoms. The Bertz CT molecular complexity index is 865. The van der Waals surface area contributed by atoms with Crippen LogP contribution in [0.25, 0.3) is 0 Å². The number of anilines is 4. The van der Waals surface area contributed by atoms with Gasteiger partial charge in [0, 0.05) is 11.4 Å². The molecule has 0 atom stereocenters. The molecule has 0 saturated heterocycles. The smallest absolute Gasteiger partial charge is 0.230 e. The number of fused-ring (bicyclic) bond motifs is 6. The molecule has 0 spiro atoms. The van der Waals surface area contributed by atoms with E-state index in [1.54, 1.807) is 6.20 Å². The van der Waals surface area contributed by atoms with E-state index in [9.17, 15) is 0 Å². The van der Waals surface area contributed by atoms with Gasteiger partial charge in [0.1, 0.15) is 10.8 Å². The molecule has 1 aliphatic heterocycles. The van der Waals surface area contributed by atoms with E-state index < -0.39 is 0 Å². The molecule has 114 valence electrons. The predicted molar refractivity (Wildman–Crippen MR) is 91.7 cm³/mol. The van der Waals surface area contributed by atoms with E-state index in [1.165, 1.54) is 5.56 Å². The lowest BCUT2D eigenvalue weighted by molar-refractivity contribution is 0.915. The van der Waals surface area contributed by atoms with Crippen molar-refractivity contribution in [1.29, 1.82) is 0 Å². The fourth-order valence-electron chi connectivity index (χ4n) is 2.53. The average Bonchev–Trinajstić information content (AvgIpc) is 2.57. The monoisotopic (exact) mass is 323 g/mol. The number of aromatic nitrogens is 3. The van der Waals surface area contributed by atoms with Gasteiger partial charge in [0.25, 0.3) is 0 Å². The summed E-state index contributed by atoms with van der Waals surface area (Å²) in [7, 11) is 0. The SMILES string of the molecule is Clc1cnc2nc1Nc1cccc(c1)CCc1cccc(n1)N2. The van der Waals surface area contributed by atoms with Crippen LogP contribution in [-0.4, -0.2) is 15.0 Å². The molecule has 2 N–H and O–H groups in total. The molecule has 0 fully saturated rings. The summed E-state index contributed by atoms with van der Waals surface area (Å²) in [6.07, 6.45) is 3.37. The summed E-state index contributed by atoms with van der Waals surface area (Å²) < 4.78 is 0. The van der Waals surface area contributed by atoms with Gasteiger partial charge in [0.15, 0.2) is 5.82 Å². The zero-order chi connectivity index (χ0) is 15.6. The highest BCUT2D eigenvalue weighted by atomic mass is 35.5. The minimum absolute atomic E-state index is 0.456. The van der Waals surface area contributed by atoms with Gasteiger partial charge in [-0.1, -0.05) is 29.8 Å². The second-order valence-electron chi connectivity index (χ2n) is 5.35. The van der Waals surface area contributed by atoms with Crippen LogP contribution in [0.4, 0.5) is 23.3 Å². The van der Waals surface area contributed by atoms with Crippen molar-refractivity contribution in [2.24, 2.45) is 0 Å². The molecular formula is C17H14ClN5. The Morgan fingerprint density at radius 3 is 2.83 bits per heavy atom. The number of aryl methyl sites for hydroxylation is 2. The maximum absolute atomic E-state index is 6.20. The van der Waals surface area contributed by atoms with Gasteiger partial charge in [-0.05, 0) is 42.7 Å². The minimum Gasteiger partial charge on any atom is -0.339 e. The number of hydrogen-bond acceptors (Lipinski definition) is 5. The fourth-order valence-corrected chi connectivity index (χ4v) is 2.67. The summed E-state index contributed by atoms with van der Waals surface area (Å²) in [6, 6.07) is 14.1. The van der Waals surface area contributed by atoms with Gasteiger partial charge in [-0.3, -0.25) is 0 Å². The van der Waals surface area contributed by atoms with E-state index in [-0.39, 0.29) is 0 Å². The summed E-state index contributed by atoms with van der Waals surface area (Å²) in [6.45, 7) is 0. The molecule has 0 radical (unpaired) electrons. The predicted octanol–water partition coefficient (Wildman–Crippen LogP) is 4.11. The maximum atomic E-state index is 6.20. The van der Waals surface area contributed by atoms with Crippen molar-refractivity contribution in [2.45, 2.75) is 12.8 Å². The highest BCUT2D eigenvalue weighted by molar-refractivity contribution is 6.32. The lowest BCUT2D eigenvalue weighted by atomic mass is 10.1. The molecule has 1 aromatic carbocycles. The Kier molecular flexibility index (Phi) is 3.55. The molecule has 2 aromatic heterocycles. The van der Waals surface area contributed by atoms with Crippen LogP contribution < -0.4 is 10.6 Å². The first kappa shape index (κ1) is 14.0. The first-order valence-corrected chi connectivity index (χ1v) is 7.75. The van der Waals surface area contributed by atoms with E-state index in [2.05, 4.69) is 37.7 Å². The largest absolute Gasteiger partial charge is 0.339 e. The second-order valence-corrected chi connectivity index (χ2v) is 5.76. The molecule has 3 aromatic rings. The van der Waals surface area contributed by atoms with E-state index in [0.717, 1.165) is 30.0 Å². The lowest BCUT2D eigenvalue weighted by Crippen LogP contribution is -2.03. The summed E-state index contributed by atoms with van der Waals surface area (Å²) in [5.74, 6) is 1.75. The summed E-state index contributed by atoms with van der Waals surface area (Å²) in [4.78, 5) is 13.3. The number of pyridine rings is 1. The van der Waals surface area contributed by atoms with E-state index in [1.807, 2.05) is 30.3 Å². The zero-order valence-corrected chi connectivity index (χ0v) is 13.0. The van der Waals surface area contributed by atoms with Crippen LogP contribution in [0.1, 0.15) is 11.3 Å². The third kappa shape index (κ3) is 3.10. The van der Waals surface area contributed by atoms with Crippen molar-refractivity contribution in [3.8, 4) is 0 Å². The first-order chi connectivity index (χ1) is 11.3. The third-order valence-corrected chi connectivity index (χ3v) is 3.93. The first-order valence-electron chi connectivity index (χ1n) is 7.38. The van der Waals surface area contributed by atoms with Crippen molar-refractivity contribution >= 4 is 34.9 Å². The molecule has 4 rings (SSSR count). The van der Waals surface area contributed by atoms with Crippen molar-refractivity contribution in [1.82, 2.24) is 15.0 Å². The number of nitrogens with zero attached hydrogens (tertiary/aromatic N) is 3. The van der Waals surface area contributed by atoms with Crippen LogP contribution in [-0.2, 0) is 12.8 Å². The molecule has 0 aliphatic carbocycles. The highest BCUT2D eigenvalue weighted by Crippen LogP contribution is 2.25. The molecule has 3 heterocycles. The Hall–Kier alpha value is -2.66. The number of hydrogen-bond donors (Lipinski definition) is 2. The highest BCUT2D eigenvalue weighted by Gasteiger charge is 2.09. The minimum atomic E-state index is 0.456. The Morgan fingerprint density at radius 1 is 0.957 bits per heavy atom. The van der Waals surface area contributed by atoms with Crippen LogP contribution in [0.3, 0.4) is 0 Å². The second kappa shape index (κ2) is 5.85. The molecule has 1 aliphatic rings. The van der Waals surface area contributed by atoms with E-state index >= 15 is 0 Å². The summed E-state index contributed by atoms with van der Waals surface area (Å²) in [5, 5.41) is 6.85. The topological polar surface area (TPSA) is 62.7 Å². The normalized spacial score (nSPS) is 12.9. The molecule has 0 amide bonds. The van der Waals surface area contributed by atoms with Gasteiger partial charge in [0.2, 0.25) is 5.95 Å². The van der Waals surface area contributed by atoms with Crippen LogP contribution in [0.15, 0.2) is 48.7 Å². The molecule has 0 unspecified atom stereocenters. The quantitative estimate of drug-likeness (QED) is 0.652. The number of benzene rings is 1. The Morgan fingerprint density at radius 2 is 1.87 bits per heavy atom. The average molecular weight is 324 g/mol. The van der Waals surface area contributed by atoms with Gasteiger partial charge in [-0.25, -0.2) is 9.97 Å². The molecule has 23 heavy (non-hydrogen) atoms. The summed E-state index contributed by atoms with van der Waals surface area (Å²) in [5.41, 5.74) is 3.22. The van der Waals surface area contributed by atoms with E-state index in [4.69, 9.17) is 11.6 Å². The van der Waals surface area contributed by atoms with Crippen LogP contribution in [0.5, 0.6) is 0 Å². The molecule has 0 saturated carbocycles. The van der Waals surface area contributed by atoms with E-state index in [0.29, 0.717) is 16.8 Å². The third-order valence-electron chi connectivity index (χ3n) is 3.65. The van der Waals surface area contributed by atoms with Gasteiger partial charge in [0.05, 0.1) is 6.20 Å². The van der Waals surface area contributed by atoms with Gasteiger partial charge >= 0.3 is 0 Å². The van der Waals surface area contributed by atoms with Gasteiger partial charge < -0.3 is 10.6 Å². The van der Waals surface area contributed by atoms with Crippen molar-refractivity contribution in [3.05, 3.63) is 64.9 Å². The van der Waals surface area contributed by atoms with Crippen molar-refractivity contribution < 1.29 is 0 Å². The summed E-state index contributed by atoms with van der Waals surface area (Å²) >= 11 is 6.20. The lowest BCUT2D eigenvalue weighted by Gasteiger charge is -2.10.